The van der Waals surface area contributed by atoms with Crippen LogP contribution in [0.4, 0.5) is 0 Å². The van der Waals surface area contributed by atoms with Crippen molar-refractivity contribution in [3.63, 3.8) is 0 Å². The minimum atomic E-state index is -3.93. The minimum Gasteiger partial charge on any atom is -0.465 e. The standard InChI is InChI=1S/C24H21N3O6S2/c1-2-32-22(28)15-27-20-13-12-19(35(25,30)31)14-21(20)34-24(27)26-23(29)16-8-10-18(11-9-16)33-17-6-4-3-5-7-17/h3-14H,2,15H2,1H3,(H2,25,30,31). The molecule has 9 nitrogen and oxygen atoms in total. The summed E-state index contributed by atoms with van der Waals surface area (Å²) in [6.07, 6.45) is 0. The number of sulfonamides is 1. The predicted molar refractivity (Wildman–Crippen MR) is 131 cm³/mol. The number of para-hydroxylation sites is 1. The molecule has 1 amide bonds. The molecule has 4 aromatic rings. The van der Waals surface area contributed by atoms with E-state index in [9.17, 15) is 18.0 Å². The maximum Gasteiger partial charge on any atom is 0.326 e. The van der Waals surface area contributed by atoms with Gasteiger partial charge in [0.25, 0.3) is 5.91 Å². The number of ether oxygens (including phenoxy) is 2. The Bertz CT molecular complexity index is 1560. The van der Waals surface area contributed by atoms with Crippen LogP contribution in [0, 0.1) is 0 Å². The number of thiazole rings is 1. The van der Waals surface area contributed by atoms with E-state index in [0.717, 1.165) is 11.3 Å². The number of primary sulfonamides is 1. The highest BCUT2D eigenvalue weighted by molar-refractivity contribution is 7.89. The van der Waals surface area contributed by atoms with Gasteiger partial charge in [-0.3, -0.25) is 9.59 Å². The van der Waals surface area contributed by atoms with Gasteiger partial charge < -0.3 is 14.0 Å². The zero-order valence-electron chi connectivity index (χ0n) is 18.6. The average Bonchev–Trinajstić information content (AvgIpc) is 3.15. The molecule has 3 aromatic carbocycles. The largest absolute Gasteiger partial charge is 0.465 e. The molecule has 11 heteroatoms. The van der Waals surface area contributed by atoms with Gasteiger partial charge in [-0.2, -0.15) is 4.99 Å². The number of esters is 1. The molecule has 0 aliphatic rings. The molecule has 0 atom stereocenters. The van der Waals surface area contributed by atoms with Crippen LogP contribution in [0.15, 0.2) is 82.7 Å². The first-order chi connectivity index (χ1) is 16.7. The molecule has 0 aliphatic heterocycles. The summed E-state index contributed by atoms with van der Waals surface area (Å²) in [5.74, 6) is 0.175. The highest BCUT2D eigenvalue weighted by Crippen LogP contribution is 2.23. The number of rotatable bonds is 7. The lowest BCUT2D eigenvalue weighted by Gasteiger charge is -2.06. The van der Waals surface area contributed by atoms with Gasteiger partial charge in [0.2, 0.25) is 10.0 Å². The van der Waals surface area contributed by atoms with Gasteiger partial charge in [-0.05, 0) is 61.5 Å². The highest BCUT2D eigenvalue weighted by Gasteiger charge is 2.16. The maximum atomic E-state index is 12.9. The van der Waals surface area contributed by atoms with E-state index in [-0.39, 0.29) is 22.8 Å². The first-order valence-corrected chi connectivity index (χ1v) is 12.8. The fraction of sp³-hybridized carbons (Fsp3) is 0.125. The molecule has 0 saturated heterocycles. The van der Waals surface area contributed by atoms with Gasteiger partial charge in [0.1, 0.15) is 18.0 Å². The third-order valence-electron chi connectivity index (χ3n) is 4.85. The Labute approximate surface area is 205 Å². The molecule has 0 fully saturated rings. The number of fused-ring (bicyclic) bond motifs is 1. The van der Waals surface area contributed by atoms with Crippen LogP contribution in [0.2, 0.25) is 0 Å². The van der Waals surface area contributed by atoms with Crippen LogP contribution < -0.4 is 14.7 Å². The van der Waals surface area contributed by atoms with Crippen molar-refractivity contribution in [3.05, 3.63) is 83.2 Å². The topological polar surface area (TPSA) is 130 Å². The SMILES string of the molecule is CCOC(=O)Cn1c(=NC(=O)c2ccc(Oc3ccccc3)cc2)sc2cc(S(N)(=O)=O)ccc21. The number of hydrogen-bond acceptors (Lipinski definition) is 7. The number of carbonyl (C=O) groups is 2. The third kappa shape index (κ3) is 5.83. The maximum absolute atomic E-state index is 12.9. The second-order valence-corrected chi connectivity index (χ2v) is 9.88. The lowest BCUT2D eigenvalue weighted by atomic mass is 10.2. The van der Waals surface area contributed by atoms with E-state index in [2.05, 4.69) is 4.99 Å². The summed E-state index contributed by atoms with van der Waals surface area (Å²) in [6, 6.07) is 20.0. The molecule has 0 saturated carbocycles. The molecule has 0 radical (unpaired) electrons. The van der Waals surface area contributed by atoms with E-state index in [1.807, 2.05) is 30.3 Å². The predicted octanol–water partition coefficient (Wildman–Crippen LogP) is 3.45. The van der Waals surface area contributed by atoms with E-state index in [4.69, 9.17) is 14.6 Å². The monoisotopic (exact) mass is 511 g/mol. The first-order valence-electron chi connectivity index (χ1n) is 10.5. The lowest BCUT2D eigenvalue weighted by molar-refractivity contribution is -0.143. The zero-order chi connectivity index (χ0) is 25.0. The Morgan fingerprint density at radius 3 is 2.34 bits per heavy atom. The Morgan fingerprint density at radius 2 is 1.69 bits per heavy atom. The summed E-state index contributed by atoms with van der Waals surface area (Å²) in [6.45, 7) is 1.69. The molecule has 0 aliphatic carbocycles. The van der Waals surface area contributed by atoms with Crippen LogP contribution in [0.5, 0.6) is 11.5 Å². The fourth-order valence-corrected chi connectivity index (χ4v) is 4.93. The first kappa shape index (κ1) is 24.3. The zero-order valence-corrected chi connectivity index (χ0v) is 20.2. The summed E-state index contributed by atoms with van der Waals surface area (Å²) in [7, 11) is -3.93. The molecule has 2 N–H and O–H groups in total. The van der Waals surface area contributed by atoms with Crippen molar-refractivity contribution in [2.45, 2.75) is 18.4 Å². The fourth-order valence-electron chi connectivity index (χ4n) is 3.25. The molecule has 180 valence electrons. The van der Waals surface area contributed by atoms with E-state index in [1.54, 1.807) is 31.2 Å². The van der Waals surface area contributed by atoms with Gasteiger partial charge in [-0.25, -0.2) is 13.6 Å². The summed E-state index contributed by atoms with van der Waals surface area (Å²) < 4.78 is 36.3. The average molecular weight is 512 g/mol. The summed E-state index contributed by atoms with van der Waals surface area (Å²) >= 11 is 1.07. The number of nitrogens with two attached hydrogens (primary N) is 1. The van der Waals surface area contributed by atoms with Crippen LogP contribution >= 0.6 is 11.3 Å². The van der Waals surface area contributed by atoms with Crippen molar-refractivity contribution in [3.8, 4) is 11.5 Å². The molecule has 1 heterocycles. The van der Waals surface area contributed by atoms with E-state index in [0.29, 0.717) is 27.3 Å². The van der Waals surface area contributed by atoms with E-state index < -0.39 is 21.9 Å². The van der Waals surface area contributed by atoms with E-state index in [1.165, 1.54) is 22.8 Å². The molecule has 35 heavy (non-hydrogen) atoms. The second-order valence-electron chi connectivity index (χ2n) is 7.31. The van der Waals surface area contributed by atoms with Gasteiger partial charge in [0, 0.05) is 5.56 Å². The quantitative estimate of drug-likeness (QED) is 0.378. The van der Waals surface area contributed by atoms with Crippen molar-refractivity contribution in [2.75, 3.05) is 6.61 Å². The van der Waals surface area contributed by atoms with Gasteiger partial charge >= 0.3 is 5.97 Å². The van der Waals surface area contributed by atoms with Crippen molar-refractivity contribution in [1.29, 1.82) is 0 Å². The van der Waals surface area contributed by atoms with Gasteiger partial charge in [0.15, 0.2) is 4.80 Å². The van der Waals surface area contributed by atoms with Crippen molar-refractivity contribution in [2.24, 2.45) is 10.1 Å². The normalized spacial score (nSPS) is 12.0. The van der Waals surface area contributed by atoms with Gasteiger partial charge in [-0.15, -0.1) is 0 Å². The summed E-state index contributed by atoms with van der Waals surface area (Å²) in [5.41, 5.74) is 0.837. The molecular weight excluding hydrogens is 490 g/mol. The van der Waals surface area contributed by atoms with Gasteiger partial charge in [-0.1, -0.05) is 29.5 Å². The number of aromatic nitrogens is 1. The lowest BCUT2D eigenvalue weighted by Crippen LogP contribution is -2.23. The molecule has 0 spiro atoms. The number of nitrogens with zero attached hydrogens (tertiary/aromatic N) is 2. The molecule has 4 rings (SSSR count). The van der Waals surface area contributed by atoms with Gasteiger partial charge in [0.05, 0.1) is 21.7 Å². The Hall–Kier alpha value is -3.80. The summed E-state index contributed by atoms with van der Waals surface area (Å²) in [4.78, 5) is 29.4. The summed E-state index contributed by atoms with van der Waals surface area (Å²) in [5, 5.41) is 5.24. The van der Waals surface area contributed by atoms with Crippen molar-refractivity contribution >= 4 is 43.5 Å². The number of benzene rings is 3. The van der Waals surface area contributed by atoms with Crippen molar-refractivity contribution < 1.29 is 27.5 Å². The second kappa shape index (κ2) is 10.2. The van der Waals surface area contributed by atoms with Crippen LogP contribution in [-0.2, 0) is 26.1 Å². The number of amides is 1. The molecule has 1 aromatic heterocycles. The van der Waals surface area contributed by atoms with Crippen molar-refractivity contribution in [1.82, 2.24) is 4.57 Å². The number of hydrogen-bond donors (Lipinski definition) is 1. The Balaban J connectivity index is 1.69. The Morgan fingerprint density at radius 1 is 1.00 bits per heavy atom. The minimum absolute atomic E-state index is 0.0820. The molecular formula is C24H21N3O6S2. The molecule has 0 unspecified atom stereocenters. The smallest absolute Gasteiger partial charge is 0.326 e. The van der Waals surface area contributed by atoms with Crippen LogP contribution in [0.1, 0.15) is 17.3 Å². The van der Waals surface area contributed by atoms with Crippen LogP contribution in [0.25, 0.3) is 10.2 Å². The number of carbonyl (C=O) groups excluding carboxylic acids is 2. The van der Waals surface area contributed by atoms with E-state index >= 15 is 0 Å². The highest BCUT2D eigenvalue weighted by atomic mass is 32.2. The van der Waals surface area contributed by atoms with Crippen LogP contribution in [-0.4, -0.2) is 31.5 Å². The van der Waals surface area contributed by atoms with Crippen LogP contribution in [0.3, 0.4) is 0 Å². The Kier molecular flexibility index (Phi) is 7.10. The molecule has 0 bridgehead atoms. The third-order valence-corrected chi connectivity index (χ3v) is 6.80.